The van der Waals surface area contributed by atoms with Crippen LogP contribution >= 0.6 is 23.1 Å². The van der Waals surface area contributed by atoms with Gasteiger partial charge < -0.3 is 5.32 Å². The van der Waals surface area contributed by atoms with Crippen LogP contribution in [0.1, 0.15) is 17.5 Å². The van der Waals surface area contributed by atoms with Gasteiger partial charge in [-0.2, -0.15) is 0 Å². The van der Waals surface area contributed by atoms with Crippen LogP contribution in [0.3, 0.4) is 0 Å². The van der Waals surface area contributed by atoms with Crippen molar-refractivity contribution < 1.29 is 4.79 Å². The third kappa shape index (κ3) is 4.00. The molecule has 5 nitrogen and oxygen atoms in total. The van der Waals surface area contributed by atoms with E-state index in [0.717, 1.165) is 14.9 Å². The molecule has 0 spiro atoms. The van der Waals surface area contributed by atoms with E-state index in [1.165, 1.54) is 23.1 Å². The van der Waals surface area contributed by atoms with Gasteiger partial charge in [0.1, 0.15) is 10.8 Å². The number of aryl methyl sites for hydroxylation is 2. The molecular formula is C12H14N4OS2. The third-order valence-corrected chi connectivity index (χ3v) is 4.34. The predicted octanol–water partition coefficient (Wildman–Crippen LogP) is 2.67. The molecular weight excluding hydrogens is 280 g/mol. The van der Waals surface area contributed by atoms with Gasteiger partial charge in [-0.1, -0.05) is 29.2 Å². The molecule has 1 N–H and O–H groups in total. The zero-order chi connectivity index (χ0) is 13.8. The van der Waals surface area contributed by atoms with Gasteiger partial charge in [0.05, 0.1) is 5.25 Å². The molecule has 0 aromatic carbocycles. The highest BCUT2D eigenvalue weighted by atomic mass is 32.2. The highest BCUT2D eigenvalue weighted by Gasteiger charge is 2.17. The first kappa shape index (κ1) is 14.0. The van der Waals surface area contributed by atoms with Crippen molar-refractivity contribution in [2.75, 3.05) is 5.32 Å². The molecule has 0 saturated carbocycles. The van der Waals surface area contributed by atoms with E-state index in [0.29, 0.717) is 5.82 Å². The number of hydrogen-bond donors (Lipinski definition) is 1. The van der Waals surface area contributed by atoms with Crippen LogP contribution in [-0.2, 0) is 4.79 Å². The molecule has 0 aliphatic carbocycles. The number of rotatable bonds is 4. The summed E-state index contributed by atoms with van der Waals surface area (Å²) in [5.74, 6) is 0.478. The van der Waals surface area contributed by atoms with Crippen LogP contribution in [0.2, 0.25) is 0 Å². The van der Waals surface area contributed by atoms with Gasteiger partial charge in [0, 0.05) is 6.20 Å². The highest BCUT2D eigenvalue weighted by molar-refractivity contribution is 8.02. The van der Waals surface area contributed by atoms with Crippen LogP contribution in [0.15, 0.2) is 22.7 Å². The Labute approximate surface area is 119 Å². The third-order valence-electron chi connectivity index (χ3n) is 2.32. The first-order valence-electron chi connectivity index (χ1n) is 5.75. The Morgan fingerprint density at radius 3 is 2.74 bits per heavy atom. The quantitative estimate of drug-likeness (QED) is 0.878. The summed E-state index contributed by atoms with van der Waals surface area (Å²) in [6.45, 7) is 5.68. The van der Waals surface area contributed by atoms with E-state index in [2.05, 4.69) is 20.5 Å². The Hall–Kier alpha value is -1.47. The van der Waals surface area contributed by atoms with E-state index in [-0.39, 0.29) is 11.2 Å². The van der Waals surface area contributed by atoms with Gasteiger partial charge in [-0.3, -0.25) is 4.79 Å². The molecule has 0 fully saturated rings. The molecule has 1 unspecified atom stereocenters. The Bertz CT molecular complexity index is 567. The molecule has 1 atom stereocenters. The minimum Gasteiger partial charge on any atom is -0.310 e. The van der Waals surface area contributed by atoms with Crippen molar-refractivity contribution in [1.82, 2.24) is 15.2 Å². The zero-order valence-corrected chi connectivity index (χ0v) is 12.5. The summed E-state index contributed by atoms with van der Waals surface area (Å²) < 4.78 is 0.803. The van der Waals surface area contributed by atoms with Gasteiger partial charge in [-0.05, 0) is 32.4 Å². The molecule has 19 heavy (non-hydrogen) atoms. The summed E-state index contributed by atoms with van der Waals surface area (Å²) in [4.78, 5) is 16.1. The maximum atomic E-state index is 12.0. The number of hydrogen-bond acceptors (Lipinski definition) is 6. The Morgan fingerprint density at radius 1 is 1.37 bits per heavy atom. The van der Waals surface area contributed by atoms with Gasteiger partial charge in [-0.25, -0.2) is 4.98 Å². The summed E-state index contributed by atoms with van der Waals surface area (Å²) in [5.41, 5.74) is 1.06. The molecule has 2 aromatic rings. The first-order valence-corrected chi connectivity index (χ1v) is 7.44. The molecule has 2 heterocycles. The average Bonchev–Trinajstić information content (AvgIpc) is 2.77. The van der Waals surface area contributed by atoms with Crippen LogP contribution in [0.4, 0.5) is 5.82 Å². The monoisotopic (exact) mass is 294 g/mol. The number of thioether (sulfide) groups is 1. The zero-order valence-electron chi connectivity index (χ0n) is 10.9. The Morgan fingerprint density at radius 2 is 2.16 bits per heavy atom. The lowest BCUT2D eigenvalue weighted by molar-refractivity contribution is -0.115. The summed E-state index contributed by atoms with van der Waals surface area (Å²) in [7, 11) is 0. The van der Waals surface area contributed by atoms with E-state index < -0.39 is 0 Å². The summed E-state index contributed by atoms with van der Waals surface area (Å²) in [6, 6.07) is 3.70. The van der Waals surface area contributed by atoms with Crippen LogP contribution in [0.25, 0.3) is 0 Å². The van der Waals surface area contributed by atoms with Gasteiger partial charge >= 0.3 is 0 Å². The Kier molecular flexibility index (Phi) is 4.49. The molecule has 0 radical (unpaired) electrons. The maximum absolute atomic E-state index is 12.0. The maximum Gasteiger partial charge on any atom is 0.238 e. The predicted molar refractivity (Wildman–Crippen MR) is 77.6 cm³/mol. The minimum atomic E-state index is -0.240. The molecule has 2 aromatic heterocycles. The fourth-order valence-corrected chi connectivity index (χ4v) is 3.26. The second-order valence-electron chi connectivity index (χ2n) is 4.06. The molecule has 0 saturated heterocycles. The smallest absolute Gasteiger partial charge is 0.238 e. The van der Waals surface area contributed by atoms with E-state index in [1.807, 2.05) is 26.8 Å². The number of anilines is 1. The lowest BCUT2D eigenvalue weighted by atomic mass is 10.3. The van der Waals surface area contributed by atoms with Crippen molar-refractivity contribution in [3.63, 3.8) is 0 Å². The molecule has 100 valence electrons. The molecule has 0 aliphatic heterocycles. The average molecular weight is 294 g/mol. The number of carbonyl (C=O) groups is 1. The van der Waals surface area contributed by atoms with Crippen molar-refractivity contribution in [2.45, 2.75) is 30.4 Å². The topological polar surface area (TPSA) is 67.8 Å². The van der Waals surface area contributed by atoms with E-state index in [1.54, 1.807) is 12.3 Å². The second-order valence-corrected chi connectivity index (χ2v) is 6.83. The number of aromatic nitrogens is 3. The fraction of sp³-hybridized carbons (Fsp3) is 0.333. The van der Waals surface area contributed by atoms with E-state index in [4.69, 9.17) is 0 Å². The fourth-order valence-electron chi connectivity index (χ4n) is 1.30. The molecule has 1 amide bonds. The van der Waals surface area contributed by atoms with Crippen molar-refractivity contribution in [3.05, 3.63) is 28.9 Å². The second kappa shape index (κ2) is 6.12. The summed E-state index contributed by atoms with van der Waals surface area (Å²) in [6.07, 6.45) is 1.72. The lowest BCUT2D eigenvalue weighted by Crippen LogP contribution is -2.22. The SMILES string of the molecule is Cc1ccc(NC(=O)C(C)Sc2nnc(C)s2)nc1. The molecule has 0 bridgehead atoms. The largest absolute Gasteiger partial charge is 0.310 e. The van der Waals surface area contributed by atoms with Crippen LogP contribution in [-0.4, -0.2) is 26.3 Å². The highest BCUT2D eigenvalue weighted by Crippen LogP contribution is 2.26. The van der Waals surface area contributed by atoms with E-state index >= 15 is 0 Å². The van der Waals surface area contributed by atoms with Crippen LogP contribution in [0, 0.1) is 13.8 Å². The number of amides is 1. The lowest BCUT2D eigenvalue weighted by Gasteiger charge is -2.09. The normalized spacial score (nSPS) is 12.2. The van der Waals surface area contributed by atoms with Gasteiger partial charge in [0.15, 0.2) is 4.34 Å². The Balaban J connectivity index is 1.94. The minimum absolute atomic E-state index is 0.0887. The van der Waals surface area contributed by atoms with Crippen LogP contribution < -0.4 is 5.32 Å². The van der Waals surface area contributed by atoms with Crippen molar-refractivity contribution >= 4 is 34.8 Å². The van der Waals surface area contributed by atoms with Crippen LogP contribution in [0.5, 0.6) is 0 Å². The van der Waals surface area contributed by atoms with Crippen molar-refractivity contribution in [1.29, 1.82) is 0 Å². The van der Waals surface area contributed by atoms with Gasteiger partial charge in [0.25, 0.3) is 0 Å². The number of carbonyl (C=O) groups excluding carboxylic acids is 1. The molecule has 7 heteroatoms. The first-order chi connectivity index (χ1) is 9.04. The van der Waals surface area contributed by atoms with Gasteiger partial charge in [0.2, 0.25) is 5.91 Å². The molecule has 0 aliphatic rings. The number of nitrogens with one attached hydrogen (secondary N) is 1. The number of nitrogens with zero attached hydrogens (tertiary/aromatic N) is 3. The number of pyridine rings is 1. The van der Waals surface area contributed by atoms with E-state index in [9.17, 15) is 4.79 Å². The van der Waals surface area contributed by atoms with Gasteiger partial charge in [-0.15, -0.1) is 10.2 Å². The standard InChI is InChI=1S/C12H14N4OS2/c1-7-4-5-10(13-6-7)14-11(17)8(2)18-12-16-15-9(3)19-12/h4-6,8H,1-3H3,(H,13,14,17). The van der Waals surface area contributed by atoms with Crippen molar-refractivity contribution in [2.24, 2.45) is 0 Å². The van der Waals surface area contributed by atoms with Crippen molar-refractivity contribution in [3.8, 4) is 0 Å². The molecule has 2 rings (SSSR count). The summed E-state index contributed by atoms with van der Waals surface area (Å²) >= 11 is 2.89. The summed E-state index contributed by atoms with van der Waals surface area (Å²) in [5, 5.41) is 11.4.